The van der Waals surface area contributed by atoms with E-state index in [0.29, 0.717) is 0 Å². The number of benzene rings is 2. The van der Waals surface area contributed by atoms with Crippen LogP contribution in [-0.4, -0.2) is 31.3 Å². The summed E-state index contributed by atoms with van der Waals surface area (Å²) in [4.78, 5) is 12.1. The van der Waals surface area contributed by atoms with Gasteiger partial charge < -0.3 is 25.5 Å². The minimum Gasteiger partial charge on any atom is -0.508 e. The van der Waals surface area contributed by atoms with Crippen LogP contribution in [0, 0.1) is 0 Å². The molecule has 0 spiro atoms. The second-order valence-corrected chi connectivity index (χ2v) is 3.93. The van der Waals surface area contributed by atoms with Gasteiger partial charge in [0.1, 0.15) is 17.2 Å². The predicted octanol–water partition coefficient (Wildman–Crippen LogP) is 1.45. The van der Waals surface area contributed by atoms with Crippen LogP contribution in [0.25, 0.3) is 0 Å². The van der Waals surface area contributed by atoms with E-state index in [9.17, 15) is 25.2 Å². The lowest BCUT2D eigenvalue weighted by Crippen LogP contribution is -2.01. The molecule has 6 nitrogen and oxygen atoms in total. The molecule has 2 rings (SSSR count). The van der Waals surface area contributed by atoms with Crippen molar-refractivity contribution >= 4 is 5.78 Å². The summed E-state index contributed by atoms with van der Waals surface area (Å²) >= 11 is 0. The van der Waals surface area contributed by atoms with Gasteiger partial charge >= 0.3 is 0 Å². The third-order valence-electron chi connectivity index (χ3n) is 2.50. The molecule has 2 aromatic rings. The molecule has 0 saturated heterocycles. The summed E-state index contributed by atoms with van der Waals surface area (Å²) in [5.41, 5.74) is -0.335. The monoisotopic (exact) mass is 262 g/mol. The lowest BCUT2D eigenvalue weighted by molar-refractivity contribution is 0.103. The van der Waals surface area contributed by atoms with Crippen molar-refractivity contribution in [2.24, 2.45) is 0 Å². The molecule has 5 N–H and O–H groups in total. The van der Waals surface area contributed by atoms with Crippen molar-refractivity contribution in [1.29, 1.82) is 0 Å². The van der Waals surface area contributed by atoms with Crippen molar-refractivity contribution in [3.05, 3.63) is 41.5 Å². The molecule has 0 amide bonds. The highest BCUT2D eigenvalue weighted by Crippen LogP contribution is 2.34. The van der Waals surface area contributed by atoms with Crippen molar-refractivity contribution in [2.75, 3.05) is 0 Å². The number of aromatic hydroxyl groups is 5. The summed E-state index contributed by atoms with van der Waals surface area (Å²) in [5.74, 6) is -3.00. The van der Waals surface area contributed by atoms with Gasteiger partial charge in [-0.15, -0.1) is 0 Å². The largest absolute Gasteiger partial charge is 0.508 e. The zero-order chi connectivity index (χ0) is 14.2. The fourth-order valence-electron chi connectivity index (χ4n) is 1.63. The summed E-state index contributed by atoms with van der Waals surface area (Å²) in [6.07, 6.45) is 0. The second kappa shape index (κ2) is 4.41. The maximum Gasteiger partial charge on any atom is 0.197 e. The first kappa shape index (κ1) is 12.6. The molecule has 0 bridgehead atoms. The number of hydrogen-bond donors (Lipinski definition) is 5. The molecule has 19 heavy (non-hydrogen) atoms. The van der Waals surface area contributed by atoms with E-state index in [1.54, 1.807) is 0 Å². The molecular formula is C13H10O6. The van der Waals surface area contributed by atoms with Gasteiger partial charge in [-0.3, -0.25) is 4.79 Å². The Labute approximate surface area is 107 Å². The number of ketones is 1. The van der Waals surface area contributed by atoms with Gasteiger partial charge in [0.2, 0.25) is 0 Å². The molecule has 0 unspecified atom stereocenters. The highest BCUT2D eigenvalue weighted by molar-refractivity contribution is 6.11. The topological polar surface area (TPSA) is 118 Å². The Morgan fingerprint density at radius 2 is 1.21 bits per heavy atom. The van der Waals surface area contributed by atoms with Crippen LogP contribution in [0.15, 0.2) is 30.3 Å². The summed E-state index contributed by atoms with van der Waals surface area (Å²) in [6.45, 7) is 0. The minimum atomic E-state index is -0.723. The number of rotatable bonds is 2. The SMILES string of the molecule is O=C(c1cc(O)cc(O)c1)c1cc(O)c(O)cc1O. The average molecular weight is 262 g/mol. The first-order chi connectivity index (χ1) is 8.88. The van der Waals surface area contributed by atoms with E-state index in [0.717, 1.165) is 30.3 Å². The Morgan fingerprint density at radius 1 is 0.684 bits per heavy atom. The van der Waals surface area contributed by atoms with Crippen LogP contribution in [-0.2, 0) is 0 Å². The van der Waals surface area contributed by atoms with E-state index >= 15 is 0 Å². The van der Waals surface area contributed by atoms with Crippen LogP contribution in [0.5, 0.6) is 28.7 Å². The standard InChI is InChI=1S/C13H10O6/c14-7-1-6(2-8(15)3-7)13(19)9-4-11(17)12(18)5-10(9)16/h1-5,14-18H. The Bertz CT molecular complexity index is 642. The van der Waals surface area contributed by atoms with Crippen molar-refractivity contribution in [2.45, 2.75) is 0 Å². The zero-order valence-electron chi connectivity index (χ0n) is 9.53. The van der Waals surface area contributed by atoms with E-state index in [1.807, 2.05) is 0 Å². The van der Waals surface area contributed by atoms with Gasteiger partial charge in [0.05, 0.1) is 5.56 Å². The highest BCUT2D eigenvalue weighted by Gasteiger charge is 2.17. The van der Waals surface area contributed by atoms with Crippen LogP contribution in [0.3, 0.4) is 0 Å². The van der Waals surface area contributed by atoms with Gasteiger partial charge in [0.25, 0.3) is 0 Å². The van der Waals surface area contributed by atoms with Crippen molar-refractivity contribution < 1.29 is 30.3 Å². The van der Waals surface area contributed by atoms with E-state index in [-0.39, 0.29) is 22.6 Å². The summed E-state index contributed by atoms with van der Waals surface area (Å²) < 4.78 is 0. The van der Waals surface area contributed by atoms with Gasteiger partial charge in [-0.05, 0) is 18.2 Å². The molecule has 0 aliphatic carbocycles. The first-order valence-corrected chi connectivity index (χ1v) is 5.21. The molecule has 0 aliphatic rings. The van der Waals surface area contributed by atoms with Crippen LogP contribution < -0.4 is 0 Å². The van der Waals surface area contributed by atoms with Crippen molar-refractivity contribution in [3.63, 3.8) is 0 Å². The highest BCUT2D eigenvalue weighted by atomic mass is 16.3. The molecule has 0 aliphatic heterocycles. The van der Waals surface area contributed by atoms with Crippen LogP contribution in [0.4, 0.5) is 0 Å². The van der Waals surface area contributed by atoms with Crippen molar-refractivity contribution in [3.8, 4) is 28.7 Å². The van der Waals surface area contributed by atoms with Crippen LogP contribution in [0.1, 0.15) is 15.9 Å². The fourth-order valence-corrected chi connectivity index (χ4v) is 1.63. The van der Waals surface area contributed by atoms with E-state index in [1.165, 1.54) is 0 Å². The lowest BCUT2D eigenvalue weighted by atomic mass is 10.0. The summed E-state index contributed by atoms with van der Waals surface area (Å²) in [6, 6.07) is 4.97. The number of phenolic OH excluding ortho intramolecular Hbond substituents is 5. The van der Waals surface area contributed by atoms with Gasteiger partial charge in [0.15, 0.2) is 17.3 Å². The fraction of sp³-hybridized carbons (Fsp3) is 0. The van der Waals surface area contributed by atoms with Crippen LogP contribution >= 0.6 is 0 Å². The van der Waals surface area contributed by atoms with Crippen LogP contribution in [0.2, 0.25) is 0 Å². The van der Waals surface area contributed by atoms with E-state index < -0.39 is 23.0 Å². The predicted molar refractivity (Wildman–Crippen MR) is 64.6 cm³/mol. The van der Waals surface area contributed by atoms with Gasteiger partial charge in [-0.1, -0.05) is 0 Å². The number of phenols is 5. The lowest BCUT2D eigenvalue weighted by Gasteiger charge is -2.07. The third-order valence-corrected chi connectivity index (χ3v) is 2.50. The van der Waals surface area contributed by atoms with E-state index in [2.05, 4.69) is 0 Å². The Morgan fingerprint density at radius 3 is 1.79 bits per heavy atom. The Hall–Kier alpha value is -2.89. The molecule has 0 saturated carbocycles. The molecule has 0 heterocycles. The second-order valence-electron chi connectivity index (χ2n) is 3.93. The first-order valence-electron chi connectivity index (χ1n) is 5.21. The van der Waals surface area contributed by atoms with Gasteiger partial charge in [-0.25, -0.2) is 0 Å². The maximum absolute atomic E-state index is 12.1. The number of hydrogen-bond acceptors (Lipinski definition) is 6. The minimum absolute atomic E-state index is 0.0714. The third kappa shape index (κ3) is 2.37. The van der Waals surface area contributed by atoms with Crippen molar-refractivity contribution in [1.82, 2.24) is 0 Å². The van der Waals surface area contributed by atoms with Gasteiger partial charge in [0, 0.05) is 17.7 Å². The Balaban J connectivity index is 2.53. The average Bonchev–Trinajstić information content (AvgIpc) is 2.31. The molecule has 2 aromatic carbocycles. The smallest absolute Gasteiger partial charge is 0.197 e. The maximum atomic E-state index is 12.1. The molecule has 6 heteroatoms. The van der Waals surface area contributed by atoms with E-state index in [4.69, 9.17) is 5.11 Å². The zero-order valence-corrected chi connectivity index (χ0v) is 9.53. The van der Waals surface area contributed by atoms with Gasteiger partial charge in [-0.2, -0.15) is 0 Å². The summed E-state index contributed by atoms with van der Waals surface area (Å²) in [5, 5.41) is 46.6. The summed E-state index contributed by atoms with van der Waals surface area (Å²) in [7, 11) is 0. The normalized spacial score (nSPS) is 10.3. The molecule has 0 radical (unpaired) electrons. The quantitative estimate of drug-likeness (QED) is 0.317. The Kier molecular flexibility index (Phi) is 2.92. The molecule has 0 aromatic heterocycles. The molecular weight excluding hydrogens is 252 g/mol. The molecule has 0 fully saturated rings. The molecule has 98 valence electrons. The number of carbonyl (C=O) groups excluding carboxylic acids is 1. The number of carbonyl (C=O) groups is 1. The molecule has 0 atom stereocenters.